The van der Waals surface area contributed by atoms with E-state index >= 15 is 0 Å². The van der Waals surface area contributed by atoms with E-state index in [-0.39, 0.29) is 5.56 Å². The summed E-state index contributed by atoms with van der Waals surface area (Å²) >= 11 is 0. The second kappa shape index (κ2) is 7.23. The largest absolute Gasteiger partial charge is 0.478 e. The highest BCUT2D eigenvalue weighted by Crippen LogP contribution is 2.46. The van der Waals surface area contributed by atoms with Crippen LogP contribution in [0.5, 0.6) is 5.88 Å². The maximum absolute atomic E-state index is 10.9. The average Bonchev–Trinajstić information content (AvgIpc) is 3.44. The highest BCUT2D eigenvalue weighted by molar-refractivity contribution is 5.88. The van der Waals surface area contributed by atoms with Crippen LogP contribution in [0.2, 0.25) is 0 Å². The van der Waals surface area contributed by atoms with Crippen LogP contribution in [0.4, 0.5) is 0 Å². The van der Waals surface area contributed by atoms with Gasteiger partial charge in [-0.25, -0.2) is 9.78 Å². The van der Waals surface area contributed by atoms with Crippen molar-refractivity contribution in [3.05, 3.63) is 83.6 Å². The van der Waals surface area contributed by atoms with Gasteiger partial charge in [-0.1, -0.05) is 43.3 Å². The molecule has 0 aliphatic heterocycles. The number of carbonyl (C=O) groups is 1. The molecule has 4 rings (SSSR count). The second-order valence-corrected chi connectivity index (χ2v) is 7.12. The lowest BCUT2D eigenvalue weighted by molar-refractivity contribution is 0.0697. The summed E-state index contributed by atoms with van der Waals surface area (Å²) in [7, 11) is 0. The van der Waals surface area contributed by atoms with Gasteiger partial charge in [0.05, 0.1) is 5.56 Å². The lowest BCUT2D eigenvalue weighted by Crippen LogP contribution is -1.98. The summed E-state index contributed by atoms with van der Waals surface area (Å²) in [6, 6.07) is 19.1. The first kappa shape index (κ1) is 17.3. The monoisotopic (exact) mass is 359 g/mol. The number of rotatable bonds is 6. The topological polar surface area (TPSA) is 59.4 Å². The smallest absolute Gasteiger partial charge is 0.335 e. The average molecular weight is 359 g/mol. The molecule has 2 atom stereocenters. The summed E-state index contributed by atoms with van der Waals surface area (Å²) < 4.78 is 5.83. The molecular weight excluding hydrogens is 338 g/mol. The molecule has 1 aliphatic rings. The van der Waals surface area contributed by atoms with Gasteiger partial charge < -0.3 is 9.84 Å². The van der Waals surface area contributed by atoms with Crippen LogP contribution in [-0.4, -0.2) is 16.1 Å². The minimum Gasteiger partial charge on any atom is -0.478 e. The molecule has 0 saturated heterocycles. The number of nitrogens with zero attached hydrogens (tertiary/aromatic N) is 1. The molecule has 3 aromatic rings. The molecule has 0 amide bonds. The highest BCUT2D eigenvalue weighted by Gasteiger charge is 2.33. The van der Waals surface area contributed by atoms with Crippen molar-refractivity contribution in [2.45, 2.75) is 25.9 Å². The van der Waals surface area contributed by atoms with Crippen molar-refractivity contribution in [3.8, 4) is 17.0 Å². The number of hydrogen-bond acceptors (Lipinski definition) is 3. The van der Waals surface area contributed by atoms with Crippen LogP contribution in [0.3, 0.4) is 0 Å². The minimum absolute atomic E-state index is 0.273. The third-order valence-electron chi connectivity index (χ3n) is 5.08. The molecule has 0 bridgehead atoms. The van der Waals surface area contributed by atoms with Crippen LogP contribution in [0, 0.1) is 5.92 Å². The molecule has 1 heterocycles. The number of aromatic carboxylic acids is 1. The summed E-state index contributed by atoms with van der Waals surface area (Å²) in [6.45, 7) is 2.78. The van der Waals surface area contributed by atoms with E-state index in [1.165, 1.54) is 12.0 Å². The van der Waals surface area contributed by atoms with E-state index in [0.717, 1.165) is 22.6 Å². The van der Waals surface area contributed by atoms with Crippen molar-refractivity contribution in [1.82, 2.24) is 4.98 Å². The molecule has 0 radical (unpaired) electrons. The Labute approximate surface area is 158 Å². The summed E-state index contributed by atoms with van der Waals surface area (Å²) in [5.41, 5.74) is 4.67. The number of pyridine rings is 1. The van der Waals surface area contributed by atoms with Crippen LogP contribution < -0.4 is 4.74 Å². The number of aromatic nitrogens is 1. The fourth-order valence-electron chi connectivity index (χ4n) is 3.30. The predicted molar refractivity (Wildman–Crippen MR) is 104 cm³/mol. The number of ether oxygens (including phenoxy) is 1. The molecule has 1 aromatic heterocycles. The maximum Gasteiger partial charge on any atom is 0.335 e. The van der Waals surface area contributed by atoms with Gasteiger partial charge in [0, 0.05) is 17.8 Å². The minimum atomic E-state index is -0.927. The molecule has 27 heavy (non-hydrogen) atoms. The molecule has 136 valence electrons. The van der Waals surface area contributed by atoms with Crippen LogP contribution in [0.25, 0.3) is 11.1 Å². The summed E-state index contributed by atoms with van der Waals surface area (Å²) in [5.74, 6) is 1.14. The highest BCUT2D eigenvalue weighted by atomic mass is 16.5. The molecule has 1 aliphatic carbocycles. The van der Waals surface area contributed by atoms with Gasteiger partial charge in [0.2, 0.25) is 5.88 Å². The van der Waals surface area contributed by atoms with Gasteiger partial charge in [-0.3, -0.25) is 0 Å². The van der Waals surface area contributed by atoms with Crippen molar-refractivity contribution in [2.75, 3.05) is 0 Å². The van der Waals surface area contributed by atoms with E-state index in [0.29, 0.717) is 18.4 Å². The first-order chi connectivity index (χ1) is 13.1. The zero-order chi connectivity index (χ0) is 18.8. The second-order valence-electron chi connectivity index (χ2n) is 7.12. The normalized spacial score (nSPS) is 18.1. The maximum atomic E-state index is 10.9. The Morgan fingerprint density at radius 3 is 2.48 bits per heavy atom. The van der Waals surface area contributed by atoms with Gasteiger partial charge in [0.1, 0.15) is 6.61 Å². The van der Waals surface area contributed by atoms with Gasteiger partial charge in [-0.2, -0.15) is 0 Å². The van der Waals surface area contributed by atoms with Crippen LogP contribution >= 0.6 is 0 Å². The Balaban J connectivity index is 1.40. The molecule has 4 heteroatoms. The van der Waals surface area contributed by atoms with Gasteiger partial charge in [-0.15, -0.1) is 0 Å². The SMILES string of the molecule is CC1C[C@@H]1c1cccc(COc2ccc(-c3ccc(C(=O)O)cc3)cn2)c1. The molecule has 1 unspecified atom stereocenters. The van der Waals surface area contributed by atoms with Crippen molar-refractivity contribution in [2.24, 2.45) is 5.92 Å². The number of hydrogen-bond donors (Lipinski definition) is 1. The standard InChI is InChI=1S/C23H21NO3/c1-15-11-21(15)19-4-2-3-16(12-19)14-27-22-10-9-20(13-24-22)17-5-7-18(8-6-17)23(25)26/h2-10,12-13,15,21H,11,14H2,1H3,(H,25,26)/t15?,21-/m0/s1. The first-order valence-corrected chi connectivity index (χ1v) is 9.11. The van der Waals surface area contributed by atoms with Crippen molar-refractivity contribution >= 4 is 5.97 Å². The zero-order valence-corrected chi connectivity index (χ0v) is 15.1. The Bertz CT molecular complexity index is 948. The predicted octanol–water partition coefficient (Wildman–Crippen LogP) is 5.15. The lowest BCUT2D eigenvalue weighted by Gasteiger charge is -2.08. The van der Waals surface area contributed by atoms with E-state index in [4.69, 9.17) is 9.84 Å². The van der Waals surface area contributed by atoms with E-state index in [1.807, 2.05) is 12.1 Å². The summed E-state index contributed by atoms with van der Waals surface area (Å²) in [4.78, 5) is 15.3. The molecule has 1 fully saturated rings. The van der Waals surface area contributed by atoms with Crippen LogP contribution in [0.1, 0.15) is 40.7 Å². The number of carboxylic acids is 1. The van der Waals surface area contributed by atoms with Gasteiger partial charge >= 0.3 is 5.97 Å². The van der Waals surface area contributed by atoms with E-state index in [1.54, 1.807) is 30.5 Å². The Kier molecular flexibility index (Phi) is 4.63. The number of carboxylic acid groups (broad SMARTS) is 1. The van der Waals surface area contributed by atoms with Gasteiger partial charge in [-0.05, 0) is 53.1 Å². The molecule has 1 N–H and O–H groups in total. The van der Waals surface area contributed by atoms with E-state index < -0.39 is 5.97 Å². The molecular formula is C23H21NO3. The molecule has 0 spiro atoms. The molecule has 1 saturated carbocycles. The third kappa shape index (κ3) is 4.00. The summed E-state index contributed by atoms with van der Waals surface area (Å²) in [5, 5.41) is 8.97. The van der Waals surface area contributed by atoms with Crippen LogP contribution in [-0.2, 0) is 6.61 Å². The van der Waals surface area contributed by atoms with Crippen LogP contribution in [0.15, 0.2) is 66.9 Å². The molecule has 4 nitrogen and oxygen atoms in total. The van der Waals surface area contributed by atoms with Crippen molar-refractivity contribution < 1.29 is 14.6 Å². The Morgan fingerprint density at radius 2 is 1.85 bits per heavy atom. The fourth-order valence-corrected chi connectivity index (χ4v) is 3.30. The van der Waals surface area contributed by atoms with E-state index in [2.05, 4.69) is 36.2 Å². The molecule has 2 aromatic carbocycles. The Morgan fingerprint density at radius 1 is 1.11 bits per heavy atom. The fraction of sp³-hybridized carbons (Fsp3) is 0.217. The number of benzene rings is 2. The first-order valence-electron chi connectivity index (χ1n) is 9.11. The lowest BCUT2D eigenvalue weighted by atomic mass is 10.1. The third-order valence-corrected chi connectivity index (χ3v) is 5.08. The van der Waals surface area contributed by atoms with Gasteiger partial charge in [0.15, 0.2) is 0 Å². The van der Waals surface area contributed by atoms with E-state index in [9.17, 15) is 4.79 Å². The van der Waals surface area contributed by atoms with Crippen molar-refractivity contribution in [3.63, 3.8) is 0 Å². The van der Waals surface area contributed by atoms with Crippen molar-refractivity contribution in [1.29, 1.82) is 0 Å². The Hall–Kier alpha value is -3.14. The quantitative estimate of drug-likeness (QED) is 0.661. The van der Waals surface area contributed by atoms with Gasteiger partial charge in [0.25, 0.3) is 0 Å². The summed E-state index contributed by atoms with van der Waals surface area (Å²) in [6.07, 6.45) is 3.02. The zero-order valence-electron chi connectivity index (χ0n) is 15.1.